The van der Waals surface area contributed by atoms with Crippen molar-refractivity contribution in [3.8, 4) is 23.4 Å². The third-order valence-corrected chi connectivity index (χ3v) is 6.23. The molecule has 0 aliphatic rings. The van der Waals surface area contributed by atoms with Crippen LogP contribution in [0.3, 0.4) is 0 Å². The van der Waals surface area contributed by atoms with E-state index in [0.29, 0.717) is 29.7 Å². The number of hydrogen-bond donors (Lipinski definition) is 2. The summed E-state index contributed by atoms with van der Waals surface area (Å²) in [6, 6.07) is 27.2. The van der Waals surface area contributed by atoms with Crippen LogP contribution in [0.15, 0.2) is 85.1 Å². The van der Waals surface area contributed by atoms with Crippen molar-refractivity contribution in [2.24, 2.45) is 5.92 Å². The molecular formula is C31H31ClN4O3. The Morgan fingerprint density at radius 3 is 2.44 bits per heavy atom. The first-order chi connectivity index (χ1) is 18.5. The summed E-state index contributed by atoms with van der Waals surface area (Å²) in [7, 11) is 0. The second kappa shape index (κ2) is 12.5. The van der Waals surface area contributed by atoms with Crippen molar-refractivity contribution in [2.75, 3.05) is 24.6 Å². The average molecular weight is 543 g/mol. The van der Waals surface area contributed by atoms with Gasteiger partial charge in [0, 0.05) is 47.3 Å². The van der Waals surface area contributed by atoms with E-state index in [-0.39, 0.29) is 19.0 Å². The lowest BCUT2D eigenvalue weighted by molar-refractivity contribution is 0.112. The predicted octanol–water partition coefficient (Wildman–Crippen LogP) is 6.70. The Kier molecular flexibility index (Phi) is 8.92. The third kappa shape index (κ3) is 6.61. The highest BCUT2D eigenvalue weighted by Gasteiger charge is 2.17. The second-order valence-corrected chi connectivity index (χ2v) is 9.71. The molecule has 5 aromatic rings. The van der Waals surface area contributed by atoms with Crippen molar-refractivity contribution in [1.29, 1.82) is 5.26 Å². The van der Waals surface area contributed by atoms with Crippen molar-refractivity contribution < 1.29 is 14.6 Å². The number of nitriles is 1. The van der Waals surface area contributed by atoms with Crippen molar-refractivity contribution in [3.63, 3.8) is 0 Å². The molecule has 0 fully saturated rings. The zero-order chi connectivity index (χ0) is 26.5. The van der Waals surface area contributed by atoms with E-state index >= 15 is 0 Å². The number of aliphatic hydroxyl groups excluding tert-OH is 1. The summed E-state index contributed by atoms with van der Waals surface area (Å²) >= 11 is 0. The smallest absolute Gasteiger partial charge is 0.219 e. The van der Waals surface area contributed by atoms with Gasteiger partial charge in [0.15, 0.2) is 0 Å². The van der Waals surface area contributed by atoms with Gasteiger partial charge in [-0.1, -0.05) is 38.1 Å². The molecule has 0 saturated heterocycles. The minimum Gasteiger partial charge on any atom is -0.490 e. The molecule has 2 aromatic heterocycles. The van der Waals surface area contributed by atoms with E-state index < -0.39 is 6.10 Å². The van der Waals surface area contributed by atoms with Gasteiger partial charge in [0.2, 0.25) is 5.88 Å². The third-order valence-electron chi connectivity index (χ3n) is 6.23. The van der Waals surface area contributed by atoms with Gasteiger partial charge in [-0.25, -0.2) is 4.98 Å². The van der Waals surface area contributed by atoms with E-state index in [1.807, 2.05) is 60.7 Å². The molecule has 0 aliphatic heterocycles. The molecule has 0 bridgehead atoms. The number of nitrogens with one attached hydrogen (secondary N) is 1. The molecule has 1 atom stereocenters. The lowest BCUT2D eigenvalue weighted by Crippen LogP contribution is -2.37. The van der Waals surface area contributed by atoms with Crippen molar-refractivity contribution >= 4 is 39.9 Å². The van der Waals surface area contributed by atoms with Gasteiger partial charge >= 0.3 is 0 Å². The largest absolute Gasteiger partial charge is 0.490 e. The molecule has 0 amide bonds. The molecule has 0 radical (unpaired) electrons. The van der Waals surface area contributed by atoms with Crippen molar-refractivity contribution in [1.82, 2.24) is 9.97 Å². The van der Waals surface area contributed by atoms with E-state index in [4.69, 9.17) is 14.7 Å². The maximum atomic E-state index is 11.0. The molecular weight excluding hydrogens is 512 g/mol. The summed E-state index contributed by atoms with van der Waals surface area (Å²) in [4.78, 5) is 9.74. The van der Waals surface area contributed by atoms with Crippen molar-refractivity contribution in [3.05, 3.63) is 90.6 Å². The fourth-order valence-corrected chi connectivity index (χ4v) is 4.56. The zero-order valence-electron chi connectivity index (χ0n) is 21.9. The minimum atomic E-state index is -0.687. The minimum absolute atomic E-state index is 0. The second-order valence-electron chi connectivity index (χ2n) is 9.71. The van der Waals surface area contributed by atoms with E-state index in [2.05, 4.69) is 40.8 Å². The molecule has 5 rings (SSSR count). The number of aliphatic hydroxyl groups is 1. The first-order valence-electron chi connectivity index (χ1n) is 12.7. The number of pyridine rings is 1. The number of H-pyrrole nitrogens is 1. The maximum Gasteiger partial charge on any atom is 0.219 e. The standard InChI is InChI=1S/C31H30N4O3.ClH/c1-21(2)18-35(23-11-13-25(14-12-23)38-30-15-10-22(16-32)17-33-30)19-24(36)20-37-29-9-5-8-28-31(29)26-6-3-4-7-27(26)34-28;/h3-15,17,21,24,34,36H,18-20H2,1-2H3;1H/t24-;/m0./s1. The van der Waals surface area contributed by atoms with Gasteiger partial charge < -0.3 is 24.5 Å². The molecule has 0 saturated carbocycles. The molecule has 0 unspecified atom stereocenters. The fraction of sp³-hybridized carbons (Fsp3) is 0.226. The molecule has 2 N–H and O–H groups in total. The molecule has 7 nitrogen and oxygen atoms in total. The van der Waals surface area contributed by atoms with Crippen LogP contribution in [0, 0.1) is 17.2 Å². The van der Waals surface area contributed by atoms with Crippen molar-refractivity contribution in [2.45, 2.75) is 20.0 Å². The monoisotopic (exact) mass is 542 g/mol. The summed E-state index contributed by atoms with van der Waals surface area (Å²) in [5.41, 5.74) is 3.54. The number of halogens is 1. The lowest BCUT2D eigenvalue weighted by Gasteiger charge is -2.29. The molecule has 8 heteroatoms. The van der Waals surface area contributed by atoms with Crippen LogP contribution in [0.5, 0.6) is 17.4 Å². The summed E-state index contributed by atoms with van der Waals surface area (Å²) in [6.07, 6.45) is 0.796. The zero-order valence-corrected chi connectivity index (χ0v) is 22.7. The molecule has 0 aliphatic carbocycles. The van der Waals surface area contributed by atoms with Gasteiger partial charge in [-0.15, -0.1) is 12.4 Å². The van der Waals surface area contributed by atoms with E-state index in [0.717, 1.165) is 39.8 Å². The first kappa shape index (κ1) is 27.8. The Bertz CT molecular complexity index is 1560. The fourth-order valence-electron chi connectivity index (χ4n) is 4.56. The average Bonchev–Trinajstić information content (AvgIpc) is 3.31. The number of rotatable bonds is 10. The van der Waals surface area contributed by atoms with Crippen LogP contribution in [-0.4, -0.2) is 40.9 Å². The van der Waals surface area contributed by atoms with Gasteiger partial charge in [-0.05, 0) is 54.4 Å². The molecule has 200 valence electrons. The number of nitrogens with zero attached hydrogens (tertiary/aromatic N) is 3. The quantitative estimate of drug-likeness (QED) is 0.204. The molecule has 2 heterocycles. The number of anilines is 1. The molecule has 3 aromatic carbocycles. The van der Waals surface area contributed by atoms with Crippen LogP contribution in [0.25, 0.3) is 21.8 Å². The van der Waals surface area contributed by atoms with Crippen LogP contribution in [0.4, 0.5) is 5.69 Å². The highest BCUT2D eigenvalue weighted by Crippen LogP contribution is 2.33. The number of para-hydroxylation sites is 1. The Morgan fingerprint density at radius 1 is 0.949 bits per heavy atom. The Balaban J connectivity index is 0.00000353. The van der Waals surface area contributed by atoms with E-state index in [9.17, 15) is 5.11 Å². The topological polar surface area (TPSA) is 94.4 Å². The number of hydrogen-bond acceptors (Lipinski definition) is 6. The molecule has 0 spiro atoms. The molecule has 39 heavy (non-hydrogen) atoms. The summed E-state index contributed by atoms with van der Waals surface area (Å²) in [6.45, 7) is 5.70. The Hall–Kier alpha value is -4.25. The summed E-state index contributed by atoms with van der Waals surface area (Å²) in [5, 5.41) is 22.0. The SMILES string of the molecule is CC(C)CN(C[C@H](O)COc1cccc2[nH]c3ccccc3c12)c1ccc(Oc2ccc(C#N)cn2)cc1.Cl. The van der Waals surface area contributed by atoms with Gasteiger partial charge in [0.1, 0.15) is 30.3 Å². The number of ether oxygens (including phenoxy) is 2. The highest BCUT2D eigenvalue weighted by molar-refractivity contribution is 6.10. The van der Waals surface area contributed by atoms with Gasteiger partial charge in [-0.3, -0.25) is 0 Å². The number of aromatic nitrogens is 2. The number of benzene rings is 3. The van der Waals surface area contributed by atoms with Crippen LogP contribution in [0.2, 0.25) is 0 Å². The van der Waals surface area contributed by atoms with E-state index in [1.165, 1.54) is 6.20 Å². The highest BCUT2D eigenvalue weighted by atomic mass is 35.5. The van der Waals surface area contributed by atoms with Crippen LogP contribution >= 0.6 is 12.4 Å². The van der Waals surface area contributed by atoms with E-state index in [1.54, 1.807) is 12.1 Å². The van der Waals surface area contributed by atoms with Crippen LogP contribution in [-0.2, 0) is 0 Å². The summed E-state index contributed by atoms with van der Waals surface area (Å²) < 4.78 is 12.0. The van der Waals surface area contributed by atoms with Gasteiger partial charge in [0.25, 0.3) is 0 Å². The number of aromatic amines is 1. The Morgan fingerprint density at radius 2 is 1.72 bits per heavy atom. The van der Waals surface area contributed by atoms with Crippen LogP contribution in [0.1, 0.15) is 19.4 Å². The maximum absolute atomic E-state index is 11.0. The van der Waals surface area contributed by atoms with Gasteiger partial charge in [0.05, 0.1) is 11.1 Å². The lowest BCUT2D eigenvalue weighted by atomic mass is 10.1. The summed E-state index contributed by atoms with van der Waals surface area (Å²) in [5.74, 6) is 2.23. The normalized spacial score (nSPS) is 11.7. The predicted molar refractivity (Wildman–Crippen MR) is 157 cm³/mol. The number of fused-ring (bicyclic) bond motifs is 3. The van der Waals surface area contributed by atoms with Gasteiger partial charge in [-0.2, -0.15) is 5.26 Å². The Labute approximate surface area is 234 Å². The van der Waals surface area contributed by atoms with Crippen LogP contribution < -0.4 is 14.4 Å². The first-order valence-corrected chi connectivity index (χ1v) is 12.7.